The van der Waals surface area contributed by atoms with Crippen LogP contribution < -0.4 is 0 Å². The third-order valence-electron chi connectivity index (χ3n) is 9.03. The molecule has 320 valence electrons. The monoisotopic (exact) mass is 761 g/mol. The molecule has 0 aliphatic heterocycles. The molecule has 0 spiro atoms. The van der Waals surface area contributed by atoms with Crippen molar-refractivity contribution in [3.63, 3.8) is 0 Å². The van der Waals surface area contributed by atoms with Crippen LogP contribution in [0.5, 0.6) is 0 Å². The summed E-state index contributed by atoms with van der Waals surface area (Å²) in [6.45, 7) is 17.4. The molecule has 8 nitrogen and oxygen atoms in total. The van der Waals surface area contributed by atoms with Gasteiger partial charge < -0.3 is 28.4 Å². The van der Waals surface area contributed by atoms with Crippen LogP contribution in [0.25, 0.3) is 0 Å². The fraction of sp³-hybridized carbons (Fsp3) is 0.956. The normalized spacial score (nSPS) is 11.9. The fourth-order valence-corrected chi connectivity index (χ4v) is 5.80. The number of unbranched alkanes of at least 4 members (excludes halogenated alkanes) is 20. The van der Waals surface area contributed by atoms with E-state index in [1.165, 1.54) is 109 Å². The molecular formula is C45H92O8. The topological polar surface area (TPSA) is 89.5 Å². The van der Waals surface area contributed by atoms with Gasteiger partial charge in [0.1, 0.15) is 0 Å². The molecule has 8 heteroatoms. The number of methoxy groups -OCH3 is 2. The van der Waals surface area contributed by atoms with Gasteiger partial charge in [0.05, 0.1) is 39.1 Å². The smallest absolute Gasteiger partial charge is 0.305 e. The van der Waals surface area contributed by atoms with Crippen molar-refractivity contribution in [1.29, 1.82) is 0 Å². The first kappa shape index (κ1) is 56.1. The second kappa shape index (κ2) is 50.8. The Morgan fingerprint density at radius 1 is 0.453 bits per heavy atom. The van der Waals surface area contributed by atoms with Crippen molar-refractivity contribution >= 4 is 11.9 Å². The van der Waals surface area contributed by atoms with Crippen LogP contribution in [-0.2, 0) is 38.0 Å². The Kier molecular flexibility index (Phi) is 53.8. The number of hydrogen-bond acceptors (Lipinski definition) is 8. The summed E-state index contributed by atoms with van der Waals surface area (Å²) in [5, 5.41) is 0. The highest BCUT2D eigenvalue weighted by atomic mass is 16.5. The van der Waals surface area contributed by atoms with Gasteiger partial charge in [0, 0.05) is 46.2 Å². The summed E-state index contributed by atoms with van der Waals surface area (Å²) in [5.74, 6) is 0.389. The molecule has 53 heavy (non-hydrogen) atoms. The van der Waals surface area contributed by atoms with Crippen molar-refractivity contribution in [3.8, 4) is 0 Å². The van der Waals surface area contributed by atoms with Crippen LogP contribution in [0.4, 0.5) is 0 Å². The van der Waals surface area contributed by atoms with E-state index >= 15 is 0 Å². The van der Waals surface area contributed by atoms with Gasteiger partial charge in [0.25, 0.3) is 0 Å². The van der Waals surface area contributed by atoms with Crippen molar-refractivity contribution in [2.45, 2.75) is 215 Å². The van der Waals surface area contributed by atoms with E-state index < -0.39 is 0 Å². The Bertz CT molecular complexity index is 689. The third kappa shape index (κ3) is 52.9. The van der Waals surface area contributed by atoms with E-state index in [9.17, 15) is 9.59 Å². The number of hydrogen-bond donors (Lipinski definition) is 0. The standard InChI is InChI=1S/C21H44O2.C14H28O4.C10H20O2/c1-4-5-6-7-8-9-10-11-12-13-14-15-16-17-18-23-20-21(2)19-22-3;1-4-13(12-16-3)18-11-9-7-6-8-10-14(15)17-5-2;1-3-5-6-7-8-9-10(11)12-4-2/h21H,4-20H2,1-3H3;13H,4-12H2,1-3H3;3-9H2,1-2H3. The molecule has 0 aliphatic carbocycles. The molecular weight excluding hydrogens is 668 g/mol. The zero-order chi connectivity index (χ0) is 39.9. The van der Waals surface area contributed by atoms with Crippen LogP contribution in [0, 0.1) is 5.92 Å². The van der Waals surface area contributed by atoms with Crippen LogP contribution in [-0.4, -0.2) is 78.5 Å². The van der Waals surface area contributed by atoms with Crippen LogP contribution in [0.2, 0.25) is 0 Å². The lowest BCUT2D eigenvalue weighted by Gasteiger charge is -2.14. The summed E-state index contributed by atoms with van der Waals surface area (Å²) in [7, 11) is 3.45. The highest BCUT2D eigenvalue weighted by Gasteiger charge is 2.06. The summed E-state index contributed by atoms with van der Waals surface area (Å²) in [5.41, 5.74) is 0. The van der Waals surface area contributed by atoms with Gasteiger partial charge in [0.2, 0.25) is 0 Å². The largest absolute Gasteiger partial charge is 0.466 e. The lowest BCUT2D eigenvalue weighted by atomic mass is 10.0. The molecule has 0 aromatic rings. The Balaban J connectivity index is -0.000000744. The Labute approximate surface area is 330 Å². The molecule has 0 radical (unpaired) electrons. The minimum Gasteiger partial charge on any atom is -0.466 e. The highest BCUT2D eigenvalue weighted by molar-refractivity contribution is 5.69. The molecule has 0 aromatic carbocycles. The van der Waals surface area contributed by atoms with Crippen LogP contribution in [0.3, 0.4) is 0 Å². The molecule has 0 rings (SSSR count). The number of ether oxygens (including phenoxy) is 6. The SMILES string of the molecule is CCCCCCCC(=O)OCC.CCCCCCCCCCCCCCCCOCC(C)COC.CCOC(=O)CCCCCCOC(CC)COC. The van der Waals surface area contributed by atoms with Crippen molar-refractivity contribution in [2.24, 2.45) is 5.92 Å². The van der Waals surface area contributed by atoms with Crippen molar-refractivity contribution < 1.29 is 38.0 Å². The highest BCUT2D eigenvalue weighted by Crippen LogP contribution is 2.13. The first-order valence-corrected chi connectivity index (χ1v) is 22.3. The molecule has 0 heterocycles. The van der Waals surface area contributed by atoms with Crippen molar-refractivity contribution in [2.75, 3.05) is 60.5 Å². The van der Waals surface area contributed by atoms with Crippen molar-refractivity contribution in [1.82, 2.24) is 0 Å². The summed E-state index contributed by atoms with van der Waals surface area (Å²) in [6, 6.07) is 0. The predicted molar refractivity (Wildman–Crippen MR) is 224 cm³/mol. The number of carbonyl (C=O) groups is 2. The molecule has 0 saturated heterocycles. The zero-order valence-corrected chi connectivity index (χ0v) is 36.8. The Morgan fingerprint density at radius 2 is 0.830 bits per heavy atom. The lowest BCUT2D eigenvalue weighted by molar-refractivity contribution is -0.144. The molecule has 0 saturated carbocycles. The van der Waals surface area contributed by atoms with Gasteiger partial charge >= 0.3 is 11.9 Å². The first-order valence-electron chi connectivity index (χ1n) is 22.3. The molecule has 0 bridgehead atoms. The summed E-state index contributed by atoms with van der Waals surface area (Å²) in [4.78, 5) is 21.9. The first-order chi connectivity index (χ1) is 25.9. The maximum Gasteiger partial charge on any atom is 0.305 e. The molecule has 0 fully saturated rings. The zero-order valence-electron chi connectivity index (χ0n) is 36.8. The van der Waals surface area contributed by atoms with Gasteiger partial charge in [-0.15, -0.1) is 0 Å². The summed E-state index contributed by atoms with van der Waals surface area (Å²) >= 11 is 0. The summed E-state index contributed by atoms with van der Waals surface area (Å²) < 4.78 is 31.2. The van der Waals surface area contributed by atoms with Gasteiger partial charge in [0.15, 0.2) is 0 Å². The Hall–Kier alpha value is -1.22. The quantitative estimate of drug-likeness (QED) is 0.0454. The number of carbonyl (C=O) groups excluding carboxylic acids is 2. The van der Waals surface area contributed by atoms with E-state index in [1.807, 2.05) is 13.8 Å². The van der Waals surface area contributed by atoms with Crippen molar-refractivity contribution in [3.05, 3.63) is 0 Å². The van der Waals surface area contributed by atoms with E-state index in [0.29, 0.717) is 38.6 Å². The lowest BCUT2D eigenvalue weighted by Crippen LogP contribution is -2.18. The maximum atomic E-state index is 11.1. The molecule has 2 unspecified atom stereocenters. The third-order valence-corrected chi connectivity index (χ3v) is 9.03. The van der Waals surface area contributed by atoms with Gasteiger partial charge in [-0.05, 0) is 46.0 Å². The molecule has 0 amide bonds. The maximum absolute atomic E-state index is 11.1. The molecule has 0 N–H and O–H groups in total. The van der Waals surface area contributed by atoms with E-state index in [4.69, 9.17) is 28.4 Å². The van der Waals surface area contributed by atoms with Crippen LogP contribution in [0.1, 0.15) is 208 Å². The van der Waals surface area contributed by atoms with E-state index in [0.717, 1.165) is 71.4 Å². The fourth-order valence-electron chi connectivity index (χ4n) is 5.80. The summed E-state index contributed by atoms with van der Waals surface area (Å²) in [6.07, 6.45) is 32.1. The van der Waals surface area contributed by atoms with Gasteiger partial charge in [-0.3, -0.25) is 9.59 Å². The predicted octanol–water partition coefficient (Wildman–Crippen LogP) is 12.6. The minimum absolute atomic E-state index is 0.0472. The second-order valence-corrected chi connectivity index (χ2v) is 14.5. The average Bonchev–Trinajstić information content (AvgIpc) is 3.14. The van der Waals surface area contributed by atoms with Gasteiger partial charge in [-0.1, -0.05) is 150 Å². The van der Waals surface area contributed by atoms with Crippen LogP contribution in [0.15, 0.2) is 0 Å². The van der Waals surface area contributed by atoms with Gasteiger partial charge in [-0.2, -0.15) is 0 Å². The number of rotatable bonds is 38. The minimum atomic E-state index is -0.0834. The molecule has 0 aromatic heterocycles. The van der Waals surface area contributed by atoms with E-state index in [-0.39, 0.29) is 18.0 Å². The van der Waals surface area contributed by atoms with E-state index in [2.05, 4.69) is 27.7 Å². The molecule has 0 aliphatic rings. The average molecular weight is 761 g/mol. The second-order valence-electron chi connectivity index (χ2n) is 14.5. The van der Waals surface area contributed by atoms with Gasteiger partial charge in [-0.25, -0.2) is 0 Å². The number of esters is 2. The Morgan fingerprint density at radius 3 is 1.21 bits per heavy atom. The van der Waals surface area contributed by atoms with E-state index in [1.54, 1.807) is 14.2 Å². The molecule has 2 atom stereocenters. The van der Waals surface area contributed by atoms with Crippen LogP contribution >= 0.6 is 0 Å².